The Kier molecular flexibility index (Phi) is 5.12. The second-order valence-corrected chi connectivity index (χ2v) is 7.06. The summed E-state index contributed by atoms with van der Waals surface area (Å²) < 4.78 is 52.9. The molecule has 1 aromatic carbocycles. The van der Waals surface area contributed by atoms with Gasteiger partial charge in [0.05, 0.1) is 17.0 Å². The largest absolute Gasteiger partial charge is 0.376 e. The minimum Gasteiger partial charge on any atom is -0.376 e. The van der Waals surface area contributed by atoms with Crippen molar-refractivity contribution >= 4 is 15.7 Å². The first-order valence-corrected chi connectivity index (χ1v) is 8.41. The zero-order valence-corrected chi connectivity index (χ0v) is 12.8. The predicted molar refractivity (Wildman–Crippen MR) is 75.5 cm³/mol. The van der Waals surface area contributed by atoms with Crippen molar-refractivity contribution in [2.75, 3.05) is 6.61 Å². The van der Waals surface area contributed by atoms with E-state index in [0.29, 0.717) is 6.61 Å². The third-order valence-corrected chi connectivity index (χ3v) is 4.96. The lowest BCUT2D eigenvalue weighted by atomic mass is 10.1. The number of hydrogen-bond donors (Lipinski definition) is 1. The Morgan fingerprint density at radius 1 is 1.32 bits per heavy atom. The van der Waals surface area contributed by atoms with Gasteiger partial charge in [0.2, 0.25) is 9.84 Å². The monoisotopic (exact) mass is 333 g/mol. The van der Waals surface area contributed by atoms with E-state index < -0.39 is 26.4 Å². The quantitative estimate of drug-likeness (QED) is 0.894. The number of amides is 1. The minimum absolute atomic E-state index is 0.0394. The van der Waals surface area contributed by atoms with Crippen molar-refractivity contribution in [3.8, 4) is 0 Å². The molecule has 0 unspecified atom stereocenters. The van der Waals surface area contributed by atoms with Crippen LogP contribution in [0, 0.1) is 0 Å². The molecule has 1 N–H and O–H groups in total. The van der Waals surface area contributed by atoms with Crippen molar-refractivity contribution in [1.29, 1.82) is 0 Å². The molecule has 0 aromatic heterocycles. The summed E-state index contributed by atoms with van der Waals surface area (Å²) in [6.45, 7) is 2.49. The summed E-state index contributed by atoms with van der Waals surface area (Å²) >= 11 is 0. The van der Waals surface area contributed by atoms with Crippen LogP contribution < -0.4 is 5.32 Å². The van der Waals surface area contributed by atoms with Crippen LogP contribution in [-0.4, -0.2) is 38.8 Å². The Balaban J connectivity index is 2.05. The van der Waals surface area contributed by atoms with E-state index in [1.54, 1.807) is 0 Å². The highest BCUT2D eigenvalue weighted by Crippen LogP contribution is 2.19. The van der Waals surface area contributed by atoms with Crippen molar-refractivity contribution in [2.24, 2.45) is 0 Å². The Morgan fingerprint density at radius 3 is 2.45 bits per heavy atom. The van der Waals surface area contributed by atoms with Crippen LogP contribution in [0.3, 0.4) is 0 Å². The number of carbonyl (C=O) groups excluding carboxylic acids is 1. The van der Waals surface area contributed by atoms with Gasteiger partial charge in [-0.1, -0.05) is 0 Å². The standard InChI is InChI=1S/C14H17F2NO4S/c1-9(12-3-2-8-21-12)17-13(18)10-4-6-11(7-5-10)22(19,20)14(15)16/h4-7,9,12,14H,2-3,8H2,1H3,(H,17,18)/t9-,12-/m1/s1. The summed E-state index contributed by atoms with van der Waals surface area (Å²) in [7, 11) is -4.64. The molecule has 0 spiro atoms. The summed E-state index contributed by atoms with van der Waals surface area (Å²) in [5.74, 6) is -3.88. The lowest BCUT2D eigenvalue weighted by molar-refractivity contribution is 0.0712. The molecule has 1 heterocycles. The van der Waals surface area contributed by atoms with E-state index in [-0.39, 0.29) is 17.7 Å². The number of hydrogen-bond acceptors (Lipinski definition) is 4. The van der Waals surface area contributed by atoms with E-state index >= 15 is 0 Å². The van der Waals surface area contributed by atoms with Crippen molar-refractivity contribution in [2.45, 2.75) is 42.6 Å². The minimum atomic E-state index is -4.64. The smallest absolute Gasteiger partial charge is 0.341 e. The van der Waals surface area contributed by atoms with E-state index in [1.807, 2.05) is 6.92 Å². The number of carbonyl (C=O) groups is 1. The van der Waals surface area contributed by atoms with E-state index in [1.165, 1.54) is 12.1 Å². The van der Waals surface area contributed by atoms with Crippen LogP contribution in [0.2, 0.25) is 0 Å². The summed E-state index contributed by atoms with van der Waals surface area (Å²) in [5.41, 5.74) is 0.207. The molecule has 0 bridgehead atoms. The molecule has 2 rings (SSSR count). The van der Waals surface area contributed by atoms with Crippen molar-refractivity contribution in [3.05, 3.63) is 29.8 Å². The average Bonchev–Trinajstić information content (AvgIpc) is 3.01. The van der Waals surface area contributed by atoms with Crippen LogP contribution in [0.25, 0.3) is 0 Å². The fourth-order valence-corrected chi connectivity index (χ4v) is 3.00. The Hall–Kier alpha value is -1.54. The van der Waals surface area contributed by atoms with E-state index in [2.05, 4.69) is 5.32 Å². The van der Waals surface area contributed by atoms with Gasteiger partial charge in [-0.2, -0.15) is 8.78 Å². The lowest BCUT2D eigenvalue weighted by Crippen LogP contribution is -2.40. The molecule has 2 atom stereocenters. The second kappa shape index (κ2) is 6.70. The number of ether oxygens (including phenoxy) is 1. The molecule has 22 heavy (non-hydrogen) atoms. The van der Waals surface area contributed by atoms with Gasteiger partial charge in [-0.3, -0.25) is 4.79 Å². The maximum absolute atomic E-state index is 12.4. The fraction of sp³-hybridized carbons (Fsp3) is 0.500. The van der Waals surface area contributed by atoms with Crippen molar-refractivity contribution in [1.82, 2.24) is 5.32 Å². The van der Waals surface area contributed by atoms with Gasteiger partial charge in [-0.15, -0.1) is 0 Å². The average molecular weight is 333 g/mol. The molecule has 1 fully saturated rings. The normalized spacial score (nSPS) is 20.1. The van der Waals surface area contributed by atoms with Crippen LogP contribution in [0.1, 0.15) is 30.1 Å². The lowest BCUT2D eigenvalue weighted by Gasteiger charge is -2.20. The highest BCUT2D eigenvalue weighted by atomic mass is 32.2. The molecule has 122 valence electrons. The van der Waals surface area contributed by atoms with Crippen LogP contribution in [0.5, 0.6) is 0 Å². The summed E-state index contributed by atoms with van der Waals surface area (Å²) in [6, 6.07) is 4.26. The molecule has 1 aliphatic rings. The number of halogens is 2. The first-order valence-electron chi connectivity index (χ1n) is 6.87. The predicted octanol–water partition coefficient (Wildman–Crippen LogP) is 1.98. The highest BCUT2D eigenvalue weighted by molar-refractivity contribution is 7.91. The fourth-order valence-electron chi connectivity index (χ4n) is 2.28. The molecular formula is C14H17F2NO4S. The van der Waals surface area contributed by atoms with Crippen molar-refractivity contribution < 1.29 is 26.7 Å². The van der Waals surface area contributed by atoms with Gasteiger partial charge in [0.15, 0.2) is 0 Å². The number of sulfone groups is 1. The Bertz CT molecular complexity index is 625. The van der Waals surface area contributed by atoms with Gasteiger partial charge in [-0.05, 0) is 44.0 Å². The maximum Gasteiger partial charge on any atom is 0.341 e. The SMILES string of the molecule is C[C@@H](NC(=O)c1ccc(S(=O)(=O)C(F)F)cc1)[C@H]1CCCO1. The van der Waals surface area contributed by atoms with E-state index in [9.17, 15) is 22.0 Å². The van der Waals surface area contributed by atoms with Crippen LogP contribution in [0.15, 0.2) is 29.2 Å². The zero-order chi connectivity index (χ0) is 16.3. The van der Waals surface area contributed by atoms with Gasteiger partial charge in [-0.25, -0.2) is 8.42 Å². The van der Waals surface area contributed by atoms with Gasteiger partial charge >= 0.3 is 5.76 Å². The first kappa shape index (κ1) is 16.8. The number of alkyl halides is 2. The molecule has 0 saturated carbocycles. The molecule has 8 heteroatoms. The van der Waals surface area contributed by atoms with Gasteiger partial charge in [0.1, 0.15) is 0 Å². The summed E-state index contributed by atoms with van der Waals surface area (Å²) in [5, 5.41) is 2.76. The first-order chi connectivity index (χ1) is 10.3. The molecular weight excluding hydrogens is 316 g/mol. The molecule has 1 amide bonds. The maximum atomic E-state index is 12.4. The molecule has 5 nitrogen and oxygen atoms in total. The van der Waals surface area contributed by atoms with Crippen molar-refractivity contribution in [3.63, 3.8) is 0 Å². The number of nitrogens with one attached hydrogen (secondary N) is 1. The molecule has 1 aromatic rings. The topological polar surface area (TPSA) is 72.5 Å². The summed E-state index contributed by atoms with van der Waals surface area (Å²) in [6.07, 6.45) is 1.78. The third-order valence-electron chi connectivity index (χ3n) is 3.56. The molecule has 0 radical (unpaired) electrons. The Labute approximate surface area is 127 Å². The number of benzene rings is 1. The highest BCUT2D eigenvalue weighted by Gasteiger charge is 2.27. The number of rotatable bonds is 5. The van der Waals surface area contributed by atoms with Crippen LogP contribution >= 0.6 is 0 Å². The Morgan fingerprint density at radius 2 is 1.95 bits per heavy atom. The van der Waals surface area contributed by atoms with Gasteiger partial charge in [0, 0.05) is 12.2 Å². The van der Waals surface area contributed by atoms with Gasteiger partial charge in [0.25, 0.3) is 5.91 Å². The summed E-state index contributed by atoms with van der Waals surface area (Å²) in [4.78, 5) is 11.5. The third kappa shape index (κ3) is 3.61. The molecule has 0 aliphatic carbocycles. The van der Waals surface area contributed by atoms with Crippen LogP contribution in [0.4, 0.5) is 8.78 Å². The van der Waals surface area contributed by atoms with E-state index in [0.717, 1.165) is 25.0 Å². The molecule has 1 aliphatic heterocycles. The second-order valence-electron chi connectivity index (χ2n) is 5.14. The van der Waals surface area contributed by atoms with E-state index in [4.69, 9.17) is 4.74 Å². The van der Waals surface area contributed by atoms with Crippen LogP contribution in [-0.2, 0) is 14.6 Å². The zero-order valence-electron chi connectivity index (χ0n) is 12.0. The molecule has 1 saturated heterocycles. The van der Waals surface area contributed by atoms with Gasteiger partial charge < -0.3 is 10.1 Å².